The second kappa shape index (κ2) is 7.72. The first kappa shape index (κ1) is 18.5. The van der Waals surface area contributed by atoms with Crippen LogP contribution in [0.25, 0.3) is 11.3 Å². The van der Waals surface area contributed by atoms with Gasteiger partial charge in [-0.3, -0.25) is 15.0 Å². The number of nitrogens with one attached hydrogen (secondary N) is 2. The minimum atomic E-state index is -0.350. The van der Waals surface area contributed by atoms with Gasteiger partial charge in [-0.05, 0) is 23.8 Å². The molecule has 0 spiro atoms. The number of pyridine rings is 1. The lowest BCUT2D eigenvalue weighted by Gasteiger charge is -2.35. The normalized spacial score (nSPS) is 16.4. The van der Waals surface area contributed by atoms with Crippen LogP contribution in [0, 0.1) is 5.82 Å². The van der Waals surface area contributed by atoms with Gasteiger partial charge in [0.2, 0.25) is 0 Å². The standard InChI is InChI=1S/C22H21FN6O/c1-30-16-4-5-17(18(23)9-16)20-15(11-27-28-20)12-29-8-6-19-21(26-13-25-19)22(29)14-3-2-7-24-10-14/h2-5,7,9-11,13,22H,6,8,12H2,1H3,(H,25,26)(H,27,28)/t22-/m1/s1. The lowest BCUT2D eigenvalue weighted by Crippen LogP contribution is -2.36. The third-order valence-electron chi connectivity index (χ3n) is 5.56. The molecular formula is C22H21FN6O. The highest BCUT2D eigenvalue weighted by atomic mass is 19.1. The van der Waals surface area contributed by atoms with Crippen LogP contribution < -0.4 is 4.74 Å². The average Bonchev–Trinajstić information content (AvgIpc) is 3.43. The van der Waals surface area contributed by atoms with E-state index < -0.39 is 0 Å². The summed E-state index contributed by atoms with van der Waals surface area (Å²) in [5.74, 6) is 0.132. The molecule has 0 unspecified atom stereocenters. The molecule has 0 bridgehead atoms. The van der Waals surface area contributed by atoms with Gasteiger partial charge >= 0.3 is 0 Å². The minimum absolute atomic E-state index is 0.0304. The van der Waals surface area contributed by atoms with Crippen LogP contribution in [-0.2, 0) is 13.0 Å². The van der Waals surface area contributed by atoms with Gasteiger partial charge in [0.25, 0.3) is 0 Å². The van der Waals surface area contributed by atoms with Crippen LogP contribution in [0.1, 0.15) is 28.6 Å². The Kier molecular flexibility index (Phi) is 4.76. The zero-order valence-electron chi connectivity index (χ0n) is 16.5. The molecule has 4 heterocycles. The van der Waals surface area contributed by atoms with Gasteiger partial charge in [0.05, 0.1) is 37.1 Å². The van der Waals surface area contributed by atoms with Crippen molar-refractivity contribution >= 4 is 0 Å². The fraction of sp³-hybridized carbons (Fsp3) is 0.227. The first-order valence-electron chi connectivity index (χ1n) is 9.77. The number of halogens is 1. The smallest absolute Gasteiger partial charge is 0.136 e. The van der Waals surface area contributed by atoms with Crippen LogP contribution in [0.3, 0.4) is 0 Å². The van der Waals surface area contributed by atoms with E-state index in [4.69, 9.17) is 4.74 Å². The van der Waals surface area contributed by atoms with E-state index in [0.29, 0.717) is 23.6 Å². The second-order valence-electron chi connectivity index (χ2n) is 7.29. The third kappa shape index (κ3) is 3.25. The van der Waals surface area contributed by atoms with Crippen molar-refractivity contribution in [2.24, 2.45) is 0 Å². The van der Waals surface area contributed by atoms with Crippen LogP contribution in [0.15, 0.2) is 55.2 Å². The Morgan fingerprint density at radius 1 is 1.27 bits per heavy atom. The number of hydrogen-bond donors (Lipinski definition) is 2. The number of nitrogens with zero attached hydrogens (tertiary/aromatic N) is 4. The predicted octanol–water partition coefficient (Wildman–Crippen LogP) is 3.49. The van der Waals surface area contributed by atoms with Gasteiger partial charge in [-0.15, -0.1) is 0 Å². The Hall–Kier alpha value is -3.52. The van der Waals surface area contributed by atoms with Crippen LogP contribution in [0.4, 0.5) is 4.39 Å². The molecule has 0 saturated carbocycles. The first-order chi connectivity index (χ1) is 14.7. The van der Waals surface area contributed by atoms with Crippen LogP contribution >= 0.6 is 0 Å². The summed E-state index contributed by atoms with van der Waals surface area (Å²) >= 11 is 0. The van der Waals surface area contributed by atoms with Crippen molar-refractivity contribution < 1.29 is 9.13 Å². The van der Waals surface area contributed by atoms with Gasteiger partial charge in [-0.2, -0.15) is 5.10 Å². The van der Waals surface area contributed by atoms with Gasteiger partial charge < -0.3 is 9.72 Å². The maximum atomic E-state index is 14.7. The molecule has 152 valence electrons. The zero-order valence-corrected chi connectivity index (χ0v) is 16.5. The van der Waals surface area contributed by atoms with Gasteiger partial charge in [0.15, 0.2) is 0 Å². The number of hydrogen-bond acceptors (Lipinski definition) is 5. The molecule has 30 heavy (non-hydrogen) atoms. The molecule has 7 nitrogen and oxygen atoms in total. The highest BCUT2D eigenvalue weighted by molar-refractivity contribution is 5.64. The van der Waals surface area contributed by atoms with E-state index in [0.717, 1.165) is 35.5 Å². The van der Waals surface area contributed by atoms with Crippen LogP contribution in [-0.4, -0.2) is 43.7 Å². The van der Waals surface area contributed by atoms with Crippen molar-refractivity contribution in [1.29, 1.82) is 0 Å². The third-order valence-corrected chi connectivity index (χ3v) is 5.56. The maximum Gasteiger partial charge on any atom is 0.136 e. The molecule has 1 aliphatic rings. The molecule has 0 aliphatic carbocycles. The molecular weight excluding hydrogens is 383 g/mol. The van der Waals surface area contributed by atoms with Gasteiger partial charge in [-0.25, -0.2) is 9.37 Å². The number of aromatic amines is 2. The van der Waals surface area contributed by atoms with E-state index in [9.17, 15) is 4.39 Å². The summed E-state index contributed by atoms with van der Waals surface area (Å²) in [5.41, 5.74) is 5.30. The summed E-state index contributed by atoms with van der Waals surface area (Å²) in [7, 11) is 1.52. The SMILES string of the molecule is COc1ccc(-c2[nH]ncc2CN2CCc3[nH]cnc3[C@H]2c2cccnc2)c(F)c1. The van der Waals surface area contributed by atoms with E-state index in [1.54, 1.807) is 30.9 Å². The molecule has 4 aromatic rings. The number of aromatic nitrogens is 5. The monoisotopic (exact) mass is 404 g/mol. The van der Waals surface area contributed by atoms with Gasteiger partial charge in [-0.1, -0.05) is 6.07 Å². The molecule has 0 saturated heterocycles. The summed E-state index contributed by atoms with van der Waals surface area (Å²) in [5, 5.41) is 7.16. The van der Waals surface area contributed by atoms with Crippen molar-refractivity contribution in [2.75, 3.05) is 13.7 Å². The number of fused-ring (bicyclic) bond motifs is 1. The Bertz CT molecular complexity index is 1160. The van der Waals surface area contributed by atoms with Gasteiger partial charge in [0.1, 0.15) is 11.6 Å². The summed E-state index contributed by atoms with van der Waals surface area (Å²) in [6, 6.07) is 8.81. The Morgan fingerprint density at radius 2 is 2.20 bits per heavy atom. The number of H-pyrrole nitrogens is 2. The predicted molar refractivity (Wildman–Crippen MR) is 109 cm³/mol. The van der Waals surface area contributed by atoms with Gasteiger partial charge in [0, 0.05) is 54.8 Å². The molecule has 8 heteroatoms. The Morgan fingerprint density at radius 3 is 3.00 bits per heavy atom. The van der Waals surface area contributed by atoms with Crippen molar-refractivity contribution in [1.82, 2.24) is 30.0 Å². The quantitative estimate of drug-likeness (QED) is 0.532. The maximum absolute atomic E-state index is 14.7. The Labute approximate surface area is 173 Å². The van der Waals surface area contributed by atoms with E-state index in [1.807, 2.05) is 12.3 Å². The molecule has 0 fully saturated rings. The molecule has 1 aliphatic heterocycles. The number of imidazole rings is 1. The van der Waals surface area contributed by atoms with E-state index in [2.05, 4.69) is 36.1 Å². The lowest BCUT2D eigenvalue weighted by atomic mass is 9.96. The topological polar surface area (TPSA) is 82.7 Å². The van der Waals surface area contributed by atoms with E-state index >= 15 is 0 Å². The number of rotatable bonds is 5. The number of methoxy groups -OCH3 is 1. The van der Waals surface area contributed by atoms with E-state index in [1.165, 1.54) is 13.2 Å². The van der Waals surface area contributed by atoms with Crippen molar-refractivity contribution in [3.63, 3.8) is 0 Å². The molecule has 0 amide bonds. The van der Waals surface area contributed by atoms with Crippen LogP contribution in [0.2, 0.25) is 0 Å². The Balaban J connectivity index is 1.50. The summed E-state index contributed by atoms with van der Waals surface area (Å²) in [6.45, 7) is 1.44. The summed E-state index contributed by atoms with van der Waals surface area (Å²) in [4.78, 5) is 14.5. The fourth-order valence-electron chi connectivity index (χ4n) is 4.11. The van der Waals surface area contributed by atoms with Crippen molar-refractivity contribution in [3.8, 4) is 17.0 Å². The number of benzene rings is 1. The van der Waals surface area contributed by atoms with Crippen molar-refractivity contribution in [2.45, 2.75) is 19.0 Å². The van der Waals surface area contributed by atoms with Crippen molar-refractivity contribution in [3.05, 3.63) is 83.6 Å². The highest BCUT2D eigenvalue weighted by Gasteiger charge is 2.32. The minimum Gasteiger partial charge on any atom is -0.497 e. The second-order valence-corrected chi connectivity index (χ2v) is 7.29. The molecule has 1 aromatic carbocycles. The molecule has 3 aromatic heterocycles. The largest absolute Gasteiger partial charge is 0.497 e. The van der Waals surface area contributed by atoms with E-state index in [-0.39, 0.29) is 11.9 Å². The molecule has 5 rings (SSSR count). The number of ether oxygens (including phenoxy) is 1. The van der Waals surface area contributed by atoms with Crippen LogP contribution in [0.5, 0.6) is 5.75 Å². The molecule has 0 radical (unpaired) electrons. The first-order valence-corrected chi connectivity index (χ1v) is 9.77. The highest BCUT2D eigenvalue weighted by Crippen LogP contribution is 2.35. The average molecular weight is 404 g/mol. The fourth-order valence-corrected chi connectivity index (χ4v) is 4.11. The summed E-state index contributed by atoms with van der Waals surface area (Å²) in [6.07, 6.45) is 8.02. The molecule has 2 N–H and O–H groups in total. The zero-order chi connectivity index (χ0) is 20.5. The molecule has 1 atom stereocenters. The summed E-state index contributed by atoms with van der Waals surface area (Å²) < 4.78 is 19.8. The lowest BCUT2D eigenvalue weighted by molar-refractivity contribution is 0.200.